The summed E-state index contributed by atoms with van der Waals surface area (Å²) in [6, 6.07) is 16.3. The smallest absolute Gasteiger partial charge is 0.306 e. The fraction of sp³-hybridized carbons (Fsp3) is 0.333. The minimum atomic E-state index is -3.48. The van der Waals surface area contributed by atoms with E-state index in [2.05, 4.69) is 10.8 Å². The number of nitriles is 1. The van der Waals surface area contributed by atoms with Crippen molar-refractivity contribution < 1.29 is 17.9 Å². The summed E-state index contributed by atoms with van der Waals surface area (Å²) in [4.78, 5) is 11.8. The van der Waals surface area contributed by atoms with Crippen molar-refractivity contribution in [3.05, 3.63) is 59.7 Å². The summed E-state index contributed by atoms with van der Waals surface area (Å²) in [5, 5.41) is 8.34. The number of nitrogens with one attached hydrogen (secondary N) is 1. The summed E-state index contributed by atoms with van der Waals surface area (Å²) >= 11 is 0. The van der Waals surface area contributed by atoms with Gasteiger partial charge in [-0.3, -0.25) is 4.79 Å². The van der Waals surface area contributed by atoms with Crippen molar-refractivity contribution in [2.45, 2.75) is 44.1 Å². The molecule has 6 nitrogen and oxygen atoms in total. The number of ether oxygens (including phenoxy) is 1. The van der Waals surface area contributed by atoms with Crippen molar-refractivity contribution in [1.29, 1.82) is 5.26 Å². The Hall–Kier alpha value is -2.69. The fourth-order valence-corrected chi connectivity index (χ4v) is 4.01. The fourth-order valence-electron chi connectivity index (χ4n) is 3.08. The minimum Gasteiger partial charge on any atom is -0.456 e. The molecular weight excluding hydrogens is 376 g/mol. The van der Waals surface area contributed by atoms with Gasteiger partial charge in [0.15, 0.2) is 0 Å². The second kappa shape index (κ2) is 8.13. The number of sulfonamides is 1. The van der Waals surface area contributed by atoms with Crippen LogP contribution in [-0.2, 0) is 19.6 Å². The van der Waals surface area contributed by atoms with Gasteiger partial charge < -0.3 is 4.74 Å². The first-order valence-corrected chi connectivity index (χ1v) is 10.7. The summed E-state index contributed by atoms with van der Waals surface area (Å²) < 4.78 is 32.7. The van der Waals surface area contributed by atoms with Crippen LogP contribution < -0.4 is 4.72 Å². The van der Waals surface area contributed by atoms with E-state index in [0.717, 1.165) is 16.7 Å². The number of hydrogen-bond acceptors (Lipinski definition) is 5. The predicted molar refractivity (Wildman–Crippen MR) is 106 cm³/mol. The molecule has 2 unspecified atom stereocenters. The highest BCUT2D eigenvalue weighted by Gasteiger charge is 2.35. The lowest BCUT2D eigenvalue weighted by Crippen LogP contribution is -2.46. The second-order valence-corrected chi connectivity index (χ2v) is 9.35. The molecule has 1 aliphatic rings. The summed E-state index contributed by atoms with van der Waals surface area (Å²) in [5.74, 6) is -0.332. The zero-order valence-corrected chi connectivity index (χ0v) is 16.6. The molecule has 1 aliphatic heterocycles. The molecule has 1 heterocycles. The Kier molecular flexibility index (Phi) is 5.82. The summed E-state index contributed by atoms with van der Waals surface area (Å²) in [6.45, 7) is 3.22. The lowest BCUT2D eigenvalue weighted by molar-refractivity contribution is -0.156. The van der Waals surface area contributed by atoms with Gasteiger partial charge in [0.05, 0.1) is 22.9 Å². The molecule has 2 aromatic carbocycles. The van der Waals surface area contributed by atoms with Gasteiger partial charge >= 0.3 is 5.97 Å². The van der Waals surface area contributed by atoms with Crippen LogP contribution in [-0.4, -0.2) is 25.7 Å². The van der Waals surface area contributed by atoms with E-state index >= 15 is 0 Å². The second-order valence-electron chi connectivity index (χ2n) is 7.08. The van der Waals surface area contributed by atoms with Crippen LogP contribution in [0.4, 0.5) is 0 Å². The number of hydrogen-bond donors (Lipinski definition) is 1. The molecule has 0 bridgehead atoms. The lowest BCUT2D eigenvalue weighted by atomic mass is 9.94. The molecule has 3 rings (SSSR count). The molecule has 0 aromatic heterocycles. The van der Waals surface area contributed by atoms with Crippen LogP contribution in [0.1, 0.15) is 43.9 Å². The van der Waals surface area contributed by atoms with Crippen LogP contribution in [0.2, 0.25) is 0 Å². The summed E-state index contributed by atoms with van der Waals surface area (Å²) in [7, 11) is -3.48. The Morgan fingerprint density at radius 1 is 1.07 bits per heavy atom. The SMILES string of the molecule is CC(C)S(=O)(=O)NC1CCC(=O)OC1c1ccc(-c2ccc(C#N)cc2)cc1. The highest BCUT2D eigenvalue weighted by Crippen LogP contribution is 2.31. The van der Waals surface area contributed by atoms with E-state index in [0.29, 0.717) is 12.0 Å². The Labute approximate surface area is 165 Å². The average molecular weight is 398 g/mol. The largest absolute Gasteiger partial charge is 0.456 e. The Morgan fingerprint density at radius 2 is 1.64 bits per heavy atom. The van der Waals surface area contributed by atoms with Crippen LogP contribution in [0.25, 0.3) is 11.1 Å². The molecule has 0 amide bonds. The van der Waals surface area contributed by atoms with Gasteiger partial charge in [-0.25, -0.2) is 13.1 Å². The third-order valence-electron chi connectivity index (χ3n) is 4.81. The quantitative estimate of drug-likeness (QED) is 0.780. The van der Waals surface area contributed by atoms with E-state index in [1.807, 2.05) is 36.4 Å². The highest BCUT2D eigenvalue weighted by atomic mass is 32.2. The van der Waals surface area contributed by atoms with Crippen LogP contribution in [0.5, 0.6) is 0 Å². The molecule has 1 fully saturated rings. The summed E-state index contributed by atoms with van der Waals surface area (Å²) in [6.07, 6.45) is -0.0810. The first-order valence-electron chi connectivity index (χ1n) is 9.11. The molecule has 0 spiro atoms. The molecule has 7 heteroatoms. The van der Waals surface area contributed by atoms with Crippen molar-refractivity contribution in [1.82, 2.24) is 4.72 Å². The zero-order valence-electron chi connectivity index (χ0n) is 15.8. The van der Waals surface area contributed by atoms with Gasteiger partial charge in [0.25, 0.3) is 0 Å². The van der Waals surface area contributed by atoms with Gasteiger partial charge in [-0.2, -0.15) is 5.26 Å². The highest BCUT2D eigenvalue weighted by molar-refractivity contribution is 7.90. The number of carbonyl (C=O) groups excluding carboxylic acids is 1. The molecular formula is C21H22N2O4S. The maximum Gasteiger partial charge on any atom is 0.306 e. The Balaban J connectivity index is 1.84. The van der Waals surface area contributed by atoms with Gasteiger partial charge in [0.1, 0.15) is 6.10 Å². The van der Waals surface area contributed by atoms with Crippen LogP contribution in [0, 0.1) is 11.3 Å². The molecule has 2 aromatic rings. The molecule has 0 saturated carbocycles. The van der Waals surface area contributed by atoms with Gasteiger partial charge in [-0.15, -0.1) is 0 Å². The van der Waals surface area contributed by atoms with E-state index in [1.54, 1.807) is 26.0 Å². The third kappa shape index (κ3) is 4.41. The maximum atomic E-state index is 12.3. The van der Waals surface area contributed by atoms with E-state index in [1.165, 1.54) is 0 Å². The van der Waals surface area contributed by atoms with Crippen molar-refractivity contribution in [2.75, 3.05) is 0 Å². The molecule has 2 atom stereocenters. The zero-order chi connectivity index (χ0) is 20.3. The number of rotatable bonds is 5. The Bertz CT molecular complexity index is 990. The summed E-state index contributed by atoms with van der Waals surface area (Å²) in [5.41, 5.74) is 3.25. The number of carbonyl (C=O) groups is 1. The number of benzene rings is 2. The predicted octanol–water partition coefficient (Wildman–Crippen LogP) is 3.30. The van der Waals surface area contributed by atoms with Crippen molar-refractivity contribution >= 4 is 16.0 Å². The third-order valence-corrected chi connectivity index (χ3v) is 6.68. The number of esters is 1. The van der Waals surface area contributed by atoms with Gasteiger partial charge in [0, 0.05) is 6.42 Å². The topological polar surface area (TPSA) is 96.3 Å². The van der Waals surface area contributed by atoms with E-state index in [4.69, 9.17) is 10.00 Å². The van der Waals surface area contributed by atoms with Crippen LogP contribution >= 0.6 is 0 Å². The van der Waals surface area contributed by atoms with Crippen molar-refractivity contribution in [3.63, 3.8) is 0 Å². The van der Waals surface area contributed by atoms with Gasteiger partial charge in [-0.1, -0.05) is 36.4 Å². The molecule has 28 heavy (non-hydrogen) atoms. The molecule has 1 N–H and O–H groups in total. The van der Waals surface area contributed by atoms with Crippen LogP contribution in [0.3, 0.4) is 0 Å². The first-order chi connectivity index (χ1) is 13.3. The molecule has 1 saturated heterocycles. The first kappa shape index (κ1) is 20.1. The molecule has 146 valence electrons. The lowest BCUT2D eigenvalue weighted by Gasteiger charge is -2.32. The number of cyclic esters (lactones) is 1. The molecule has 0 radical (unpaired) electrons. The van der Waals surface area contributed by atoms with Gasteiger partial charge in [-0.05, 0) is 49.1 Å². The van der Waals surface area contributed by atoms with E-state index in [9.17, 15) is 13.2 Å². The number of nitrogens with zero attached hydrogens (tertiary/aromatic N) is 1. The monoisotopic (exact) mass is 398 g/mol. The normalized spacial score (nSPS) is 19.9. The average Bonchev–Trinajstić information content (AvgIpc) is 2.69. The van der Waals surface area contributed by atoms with E-state index < -0.39 is 27.4 Å². The van der Waals surface area contributed by atoms with Crippen molar-refractivity contribution in [3.8, 4) is 17.2 Å². The van der Waals surface area contributed by atoms with Crippen molar-refractivity contribution in [2.24, 2.45) is 0 Å². The Morgan fingerprint density at radius 3 is 2.18 bits per heavy atom. The standard InChI is InChI=1S/C21H22N2O4S/c1-14(2)28(25,26)23-19-11-12-20(24)27-21(19)18-9-7-17(8-10-18)16-5-3-15(13-22)4-6-16/h3-10,14,19,21,23H,11-12H2,1-2H3. The van der Waals surface area contributed by atoms with E-state index in [-0.39, 0.29) is 12.4 Å². The van der Waals surface area contributed by atoms with Gasteiger partial charge in [0.2, 0.25) is 10.0 Å². The minimum absolute atomic E-state index is 0.186. The molecule has 0 aliphatic carbocycles. The van der Waals surface area contributed by atoms with Crippen LogP contribution in [0.15, 0.2) is 48.5 Å². The maximum absolute atomic E-state index is 12.3.